The summed E-state index contributed by atoms with van der Waals surface area (Å²) in [4.78, 5) is 23.2. The topological polar surface area (TPSA) is 176 Å². The van der Waals surface area contributed by atoms with Gasteiger partial charge in [-0.05, 0) is 0 Å². The van der Waals surface area contributed by atoms with Crippen molar-refractivity contribution in [3.63, 3.8) is 0 Å². The summed E-state index contributed by atoms with van der Waals surface area (Å²) in [5.74, 6) is -1.34. The summed E-state index contributed by atoms with van der Waals surface area (Å²) in [7, 11) is 3.26. The molecule has 4 N–H and O–H groups in total. The third-order valence-corrected chi connectivity index (χ3v) is 2.89. The van der Waals surface area contributed by atoms with Gasteiger partial charge < -0.3 is 49.4 Å². The Morgan fingerprint density at radius 3 is 1.73 bits per heavy atom. The van der Waals surface area contributed by atoms with Crippen LogP contribution in [0.4, 0.5) is 0 Å². The van der Waals surface area contributed by atoms with Crippen LogP contribution < -0.4 is 11.1 Å². The highest BCUT2D eigenvalue weighted by Crippen LogP contribution is 1.80. The van der Waals surface area contributed by atoms with Crippen molar-refractivity contribution >= 4 is 11.9 Å². The molecule has 0 unspecified atom stereocenters. The molecule has 0 heterocycles. The molecule has 192 valence electrons. The van der Waals surface area contributed by atoms with Crippen LogP contribution >= 0.6 is 0 Å². The second kappa shape index (κ2) is 34.3. The lowest BCUT2D eigenvalue weighted by molar-refractivity contribution is -0.135. The molecule has 0 aliphatic rings. The Morgan fingerprint density at radius 2 is 1.36 bits per heavy atom. The molecular weight excluding hydrogens is 440 g/mol. The Hall–Kier alpha value is -2.36. The molecule has 0 rings (SSSR count). The summed E-state index contributed by atoms with van der Waals surface area (Å²) in [5.41, 5.74) is 5.21. The number of nitrogens with zero attached hydrogens (tertiary/aromatic N) is 2. The molecule has 0 aromatic heterocycles. The standard InChI is InChI=1S/C10H18N2O4.C7H17NO3.C3H3NO2/c1-11-9-10(13)12-3-4-15-7-8-16-6-5-14-2;1-9-4-5-11-7-6-10-3-2-8;4-2-1-3(5)6/h3-9H2,2H3,(H,12,13);2-8H2,1H3;1H2,(H,5,6). The second-order valence-electron chi connectivity index (χ2n) is 5.62. The largest absolute Gasteiger partial charge is 0.480 e. The van der Waals surface area contributed by atoms with Gasteiger partial charge in [0.25, 0.3) is 12.5 Å². The van der Waals surface area contributed by atoms with Crippen molar-refractivity contribution in [3.8, 4) is 6.07 Å². The highest BCUT2D eigenvalue weighted by molar-refractivity contribution is 5.79. The molecule has 0 bridgehead atoms. The number of carbonyl (C=O) groups excluding carboxylic acids is 1. The van der Waals surface area contributed by atoms with Crippen LogP contribution in [0, 0.1) is 17.9 Å². The molecule has 13 nitrogen and oxygen atoms in total. The van der Waals surface area contributed by atoms with E-state index >= 15 is 0 Å². The maximum atomic E-state index is 10.8. The first-order valence-electron chi connectivity index (χ1n) is 10.2. The van der Waals surface area contributed by atoms with Gasteiger partial charge in [-0.25, -0.2) is 6.57 Å². The average molecular weight is 479 g/mol. The van der Waals surface area contributed by atoms with E-state index in [1.54, 1.807) is 14.2 Å². The van der Waals surface area contributed by atoms with Gasteiger partial charge in [0.15, 0.2) is 0 Å². The minimum Gasteiger partial charge on any atom is -0.480 e. The molecule has 0 aromatic rings. The molecule has 0 saturated carbocycles. The summed E-state index contributed by atoms with van der Waals surface area (Å²) < 4.78 is 30.1. The van der Waals surface area contributed by atoms with Crippen molar-refractivity contribution < 1.29 is 43.1 Å². The van der Waals surface area contributed by atoms with Gasteiger partial charge in [0.1, 0.15) is 6.42 Å². The number of carbonyl (C=O) groups is 2. The van der Waals surface area contributed by atoms with Crippen LogP contribution in [-0.2, 0) is 38.0 Å². The van der Waals surface area contributed by atoms with E-state index < -0.39 is 12.4 Å². The van der Waals surface area contributed by atoms with E-state index in [9.17, 15) is 9.59 Å². The van der Waals surface area contributed by atoms with Crippen molar-refractivity contribution in [3.05, 3.63) is 11.4 Å². The number of methoxy groups -OCH3 is 2. The lowest BCUT2D eigenvalue weighted by atomic mass is 10.5. The minimum atomic E-state index is -1.07. The molecule has 1 amide bonds. The number of aliphatic carboxylic acids is 1. The molecule has 0 saturated heterocycles. The summed E-state index contributed by atoms with van der Waals surface area (Å²) in [6, 6.07) is 1.47. The molecule has 0 fully saturated rings. The van der Waals surface area contributed by atoms with E-state index in [4.69, 9.17) is 51.1 Å². The molecule has 0 spiro atoms. The number of ether oxygens (including phenoxy) is 6. The first kappa shape index (κ1) is 35.2. The van der Waals surface area contributed by atoms with Gasteiger partial charge in [-0.15, -0.1) is 0 Å². The van der Waals surface area contributed by atoms with Crippen molar-refractivity contribution in [1.29, 1.82) is 5.26 Å². The van der Waals surface area contributed by atoms with Gasteiger partial charge in [-0.2, -0.15) is 5.26 Å². The molecule has 0 atom stereocenters. The predicted octanol–water partition coefficient (Wildman–Crippen LogP) is -0.689. The number of carboxylic acid groups (broad SMARTS) is 1. The molecule has 0 aliphatic heterocycles. The predicted molar refractivity (Wildman–Crippen MR) is 118 cm³/mol. The first-order chi connectivity index (χ1) is 16.0. The van der Waals surface area contributed by atoms with Gasteiger partial charge in [0.05, 0.1) is 72.1 Å². The first-order valence-corrected chi connectivity index (χ1v) is 10.2. The lowest BCUT2D eigenvalue weighted by Crippen LogP contribution is -2.29. The maximum Gasteiger partial charge on any atom is 0.317 e. The van der Waals surface area contributed by atoms with Crippen LogP contribution in [0.5, 0.6) is 0 Å². The number of nitriles is 1. The normalized spacial score (nSPS) is 9.36. The van der Waals surface area contributed by atoms with Crippen molar-refractivity contribution in [2.45, 2.75) is 6.42 Å². The number of rotatable bonds is 19. The summed E-state index contributed by atoms with van der Waals surface area (Å²) in [6.45, 7) is 13.0. The van der Waals surface area contributed by atoms with Crippen molar-refractivity contribution in [1.82, 2.24) is 5.32 Å². The van der Waals surface area contributed by atoms with Gasteiger partial charge in [-0.3, -0.25) is 9.59 Å². The third-order valence-electron chi connectivity index (χ3n) is 2.89. The quantitative estimate of drug-likeness (QED) is 0.158. The SMILES string of the molecule is COCCOCCOCCN.N#CCC(=O)O.[C-]#[N+]CC(=O)NCCOCCOCCOC. The van der Waals surface area contributed by atoms with Crippen LogP contribution in [-0.4, -0.2) is 117 Å². The van der Waals surface area contributed by atoms with Crippen LogP contribution in [0.1, 0.15) is 6.42 Å². The molecule has 33 heavy (non-hydrogen) atoms. The number of nitrogens with two attached hydrogens (primary N) is 1. The molecule has 13 heteroatoms. The summed E-state index contributed by atoms with van der Waals surface area (Å²) >= 11 is 0. The van der Waals surface area contributed by atoms with Gasteiger partial charge >= 0.3 is 5.97 Å². The Morgan fingerprint density at radius 1 is 0.909 bits per heavy atom. The number of hydrogen-bond acceptors (Lipinski definition) is 10. The molecule has 0 radical (unpaired) electrons. The Labute approximate surface area is 195 Å². The molecular formula is C20H38N4O9. The Balaban J connectivity index is -0.000000457. The van der Waals surface area contributed by atoms with E-state index in [2.05, 4.69) is 10.2 Å². The number of carboxylic acids is 1. The number of amides is 1. The highest BCUT2D eigenvalue weighted by atomic mass is 16.5. The van der Waals surface area contributed by atoms with Gasteiger partial charge in [0.2, 0.25) is 0 Å². The fraction of sp³-hybridized carbons (Fsp3) is 0.800. The smallest absolute Gasteiger partial charge is 0.317 e. The van der Waals surface area contributed by atoms with Crippen LogP contribution in [0.15, 0.2) is 0 Å². The molecule has 0 aromatic carbocycles. The maximum absolute atomic E-state index is 10.8. The zero-order chi connectivity index (χ0) is 25.4. The lowest BCUT2D eigenvalue weighted by Gasteiger charge is -2.05. The number of hydrogen-bond donors (Lipinski definition) is 3. The number of nitrogens with one attached hydrogen (secondary N) is 1. The zero-order valence-corrected chi connectivity index (χ0v) is 19.6. The summed E-state index contributed by atoms with van der Waals surface area (Å²) in [6.07, 6.45) is -0.403. The minimum absolute atomic E-state index is 0.125. The third kappa shape index (κ3) is 44.2. The van der Waals surface area contributed by atoms with Crippen molar-refractivity contribution in [2.24, 2.45) is 5.73 Å². The van der Waals surface area contributed by atoms with Crippen LogP contribution in [0.25, 0.3) is 4.85 Å². The second-order valence-corrected chi connectivity index (χ2v) is 5.62. The van der Waals surface area contributed by atoms with E-state index in [1.807, 2.05) is 0 Å². The zero-order valence-electron chi connectivity index (χ0n) is 19.6. The highest BCUT2D eigenvalue weighted by Gasteiger charge is 2.01. The fourth-order valence-electron chi connectivity index (χ4n) is 1.47. The van der Waals surface area contributed by atoms with E-state index in [0.717, 1.165) is 0 Å². The van der Waals surface area contributed by atoms with E-state index in [0.29, 0.717) is 79.2 Å². The monoisotopic (exact) mass is 478 g/mol. The van der Waals surface area contributed by atoms with Gasteiger partial charge in [0, 0.05) is 27.3 Å². The Kier molecular flexibility index (Phi) is 36.6. The fourth-order valence-corrected chi connectivity index (χ4v) is 1.47. The van der Waals surface area contributed by atoms with Crippen molar-refractivity contribution in [2.75, 3.05) is 99.9 Å². The van der Waals surface area contributed by atoms with Gasteiger partial charge in [-0.1, -0.05) is 0 Å². The average Bonchev–Trinajstić information content (AvgIpc) is 2.78. The Bertz CT molecular complexity index is 503. The van der Waals surface area contributed by atoms with Crippen LogP contribution in [0.3, 0.4) is 0 Å². The molecule has 0 aliphatic carbocycles. The van der Waals surface area contributed by atoms with E-state index in [-0.39, 0.29) is 12.5 Å². The van der Waals surface area contributed by atoms with Crippen LogP contribution in [0.2, 0.25) is 0 Å². The summed E-state index contributed by atoms with van der Waals surface area (Å²) in [5, 5.41) is 17.9. The van der Waals surface area contributed by atoms with E-state index in [1.165, 1.54) is 6.07 Å².